The summed E-state index contributed by atoms with van der Waals surface area (Å²) < 4.78 is 16.9. The second kappa shape index (κ2) is 8.58. The van der Waals surface area contributed by atoms with Crippen LogP contribution in [0.15, 0.2) is 66.0 Å². The fraction of sp³-hybridized carbons (Fsp3) is 0.167. The van der Waals surface area contributed by atoms with E-state index < -0.39 is 17.3 Å². The van der Waals surface area contributed by atoms with Gasteiger partial charge in [-0.2, -0.15) is 9.50 Å². The van der Waals surface area contributed by atoms with Crippen molar-refractivity contribution in [3.63, 3.8) is 0 Å². The van der Waals surface area contributed by atoms with E-state index in [-0.39, 0.29) is 17.7 Å². The number of para-hydroxylation sites is 1. The van der Waals surface area contributed by atoms with Crippen LogP contribution in [0.2, 0.25) is 0 Å². The number of anilines is 1. The molecule has 2 aromatic carbocycles. The lowest BCUT2D eigenvalue weighted by Crippen LogP contribution is -2.29. The van der Waals surface area contributed by atoms with Crippen molar-refractivity contribution in [2.75, 3.05) is 5.32 Å². The number of aryl methyl sites for hydroxylation is 1. The van der Waals surface area contributed by atoms with Crippen LogP contribution in [0, 0.1) is 19.7 Å². The van der Waals surface area contributed by atoms with Crippen molar-refractivity contribution in [1.82, 2.24) is 19.2 Å². The summed E-state index contributed by atoms with van der Waals surface area (Å²) in [6.45, 7) is 7.89. The van der Waals surface area contributed by atoms with Crippen molar-refractivity contribution in [3.8, 4) is 11.4 Å². The van der Waals surface area contributed by atoms with Gasteiger partial charge in [-0.3, -0.25) is 9.59 Å². The number of halogens is 1. The molecule has 8 heteroatoms. The molecule has 0 aliphatic heterocycles. The molecular formula is C24H22FN5O2. The molecule has 0 saturated heterocycles. The minimum atomic E-state index is -0.545. The molecule has 4 aromatic rings. The third-order valence-electron chi connectivity index (χ3n) is 5.23. The molecular weight excluding hydrogens is 409 g/mol. The number of fused-ring (bicyclic) bond motifs is 1. The number of nitrogens with zero attached hydrogens (tertiary/aromatic N) is 4. The minimum absolute atomic E-state index is 0.0602. The van der Waals surface area contributed by atoms with Gasteiger partial charge in [0.1, 0.15) is 5.82 Å². The van der Waals surface area contributed by atoms with Gasteiger partial charge in [0.2, 0.25) is 11.7 Å². The van der Waals surface area contributed by atoms with Crippen LogP contribution in [0.5, 0.6) is 0 Å². The molecule has 0 spiro atoms. The van der Waals surface area contributed by atoms with Gasteiger partial charge in [0.25, 0.3) is 5.56 Å². The van der Waals surface area contributed by atoms with E-state index in [1.807, 2.05) is 31.2 Å². The Hall–Kier alpha value is -4.07. The van der Waals surface area contributed by atoms with E-state index in [2.05, 4.69) is 22.0 Å². The highest BCUT2D eigenvalue weighted by atomic mass is 19.1. The Bertz CT molecular complexity index is 1390. The van der Waals surface area contributed by atoms with Crippen molar-refractivity contribution < 1.29 is 9.18 Å². The predicted molar refractivity (Wildman–Crippen MR) is 121 cm³/mol. The summed E-state index contributed by atoms with van der Waals surface area (Å²) in [5, 5.41) is 6.93. The van der Waals surface area contributed by atoms with Crippen LogP contribution in [-0.2, 0) is 17.8 Å². The number of hydrogen-bond acceptors (Lipinski definition) is 4. The van der Waals surface area contributed by atoms with Gasteiger partial charge in [-0.25, -0.2) is 4.39 Å². The van der Waals surface area contributed by atoms with Crippen LogP contribution >= 0.6 is 0 Å². The van der Waals surface area contributed by atoms with Crippen molar-refractivity contribution in [1.29, 1.82) is 0 Å². The Balaban J connectivity index is 1.78. The smallest absolute Gasteiger partial charge is 0.279 e. The summed E-state index contributed by atoms with van der Waals surface area (Å²) >= 11 is 0. The van der Waals surface area contributed by atoms with E-state index in [0.29, 0.717) is 23.8 Å². The molecule has 0 unspecified atom stereocenters. The highest BCUT2D eigenvalue weighted by Crippen LogP contribution is 2.19. The lowest BCUT2D eigenvalue weighted by atomic mass is 10.1. The maximum atomic E-state index is 13.9. The quantitative estimate of drug-likeness (QED) is 0.472. The molecule has 4 rings (SSSR count). The highest BCUT2D eigenvalue weighted by Gasteiger charge is 2.20. The lowest BCUT2D eigenvalue weighted by Gasteiger charge is -2.14. The molecule has 162 valence electrons. The molecule has 2 heterocycles. The number of carbonyl (C=O) groups excluding carboxylic acids is 1. The second-order valence-corrected chi connectivity index (χ2v) is 7.49. The highest BCUT2D eigenvalue weighted by molar-refractivity contribution is 5.92. The molecule has 1 amide bonds. The van der Waals surface area contributed by atoms with E-state index in [9.17, 15) is 14.0 Å². The van der Waals surface area contributed by atoms with Gasteiger partial charge in [0.05, 0.1) is 12.1 Å². The minimum Gasteiger partial charge on any atom is -0.323 e. The number of rotatable bonds is 6. The number of amides is 1. The van der Waals surface area contributed by atoms with Crippen molar-refractivity contribution >= 4 is 17.4 Å². The summed E-state index contributed by atoms with van der Waals surface area (Å²) in [6.07, 6.45) is 1.45. The fourth-order valence-corrected chi connectivity index (χ4v) is 3.50. The average molecular weight is 431 g/mol. The number of carbonyl (C=O) groups is 1. The van der Waals surface area contributed by atoms with Crippen LogP contribution in [0.3, 0.4) is 0 Å². The topological polar surface area (TPSA) is 81.3 Å². The van der Waals surface area contributed by atoms with Crippen molar-refractivity contribution in [3.05, 3.63) is 94.2 Å². The Labute approximate surface area is 183 Å². The number of benzene rings is 2. The molecule has 0 aliphatic rings. The predicted octanol–water partition coefficient (Wildman–Crippen LogP) is 3.68. The fourth-order valence-electron chi connectivity index (χ4n) is 3.50. The van der Waals surface area contributed by atoms with Gasteiger partial charge >= 0.3 is 0 Å². The molecule has 7 nitrogen and oxygen atoms in total. The molecule has 0 fully saturated rings. The Morgan fingerprint density at radius 1 is 1.16 bits per heavy atom. The zero-order chi connectivity index (χ0) is 22.8. The van der Waals surface area contributed by atoms with E-state index >= 15 is 0 Å². The number of allylic oxidation sites excluding steroid dienone is 1. The van der Waals surface area contributed by atoms with Gasteiger partial charge in [-0.1, -0.05) is 48.0 Å². The first kappa shape index (κ1) is 21.2. The van der Waals surface area contributed by atoms with Crippen LogP contribution in [0.4, 0.5) is 10.1 Å². The Morgan fingerprint density at radius 2 is 1.88 bits per heavy atom. The van der Waals surface area contributed by atoms with Crippen LogP contribution < -0.4 is 10.9 Å². The molecule has 0 saturated carbocycles. The molecule has 0 aliphatic carbocycles. The monoisotopic (exact) mass is 431 g/mol. The molecule has 0 radical (unpaired) electrons. The summed E-state index contributed by atoms with van der Waals surface area (Å²) in [7, 11) is 0. The largest absolute Gasteiger partial charge is 0.323 e. The van der Waals surface area contributed by atoms with Gasteiger partial charge < -0.3 is 9.88 Å². The van der Waals surface area contributed by atoms with Gasteiger partial charge in [-0.05, 0) is 26.0 Å². The van der Waals surface area contributed by atoms with Crippen LogP contribution in [0.1, 0.15) is 16.8 Å². The maximum absolute atomic E-state index is 13.9. The van der Waals surface area contributed by atoms with E-state index in [1.165, 1.54) is 22.7 Å². The number of nitrogens with one attached hydrogen (secondary N) is 1. The standard InChI is InChI=1S/C24H22FN5O2/c1-4-13-29-16(3)18(14-21(31)26-20-8-6-5-7-19(20)25)23(32)30-24(29)27-22(28-30)17-11-9-15(2)10-12-17/h4-12H,1,13-14H2,2-3H3,(H,26,31). The number of aromatic nitrogens is 4. The zero-order valence-electron chi connectivity index (χ0n) is 17.8. The first-order valence-corrected chi connectivity index (χ1v) is 10.1. The summed E-state index contributed by atoms with van der Waals surface area (Å²) in [4.78, 5) is 30.4. The molecule has 0 atom stereocenters. The van der Waals surface area contributed by atoms with Crippen LogP contribution in [0.25, 0.3) is 17.2 Å². The lowest BCUT2D eigenvalue weighted by molar-refractivity contribution is -0.115. The van der Waals surface area contributed by atoms with Crippen molar-refractivity contribution in [2.24, 2.45) is 0 Å². The van der Waals surface area contributed by atoms with Gasteiger partial charge in [-0.15, -0.1) is 11.7 Å². The summed E-state index contributed by atoms with van der Waals surface area (Å²) in [5.41, 5.74) is 2.34. The SMILES string of the molecule is C=CCn1c(C)c(CC(=O)Nc2ccccc2F)c(=O)n2nc(-c3ccc(C)cc3)nc12. The first-order valence-electron chi connectivity index (χ1n) is 10.1. The van der Waals surface area contributed by atoms with Gasteiger partial charge in [0.15, 0.2) is 5.82 Å². The molecule has 0 bridgehead atoms. The molecule has 2 aromatic heterocycles. The normalized spacial score (nSPS) is 11.0. The number of hydrogen-bond donors (Lipinski definition) is 1. The first-order chi connectivity index (χ1) is 15.4. The van der Waals surface area contributed by atoms with Crippen molar-refractivity contribution in [2.45, 2.75) is 26.8 Å². The summed E-state index contributed by atoms with van der Waals surface area (Å²) in [6, 6.07) is 13.5. The van der Waals surface area contributed by atoms with E-state index in [0.717, 1.165) is 11.1 Å². The third kappa shape index (κ3) is 3.94. The maximum Gasteiger partial charge on any atom is 0.279 e. The Kier molecular flexibility index (Phi) is 5.68. The van der Waals surface area contributed by atoms with Crippen LogP contribution in [-0.4, -0.2) is 25.1 Å². The third-order valence-corrected chi connectivity index (χ3v) is 5.23. The second-order valence-electron chi connectivity index (χ2n) is 7.49. The Morgan fingerprint density at radius 3 is 2.56 bits per heavy atom. The molecule has 1 N–H and O–H groups in total. The van der Waals surface area contributed by atoms with Gasteiger partial charge in [0, 0.05) is 23.4 Å². The van der Waals surface area contributed by atoms with E-state index in [1.54, 1.807) is 23.6 Å². The summed E-state index contributed by atoms with van der Waals surface area (Å²) in [5.74, 6) is -0.275. The average Bonchev–Trinajstić information content (AvgIpc) is 3.22. The molecule has 32 heavy (non-hydrogen) atoms. The zero-order valence-corrected chi connectivity index (χ0v) is 17.8. The van der Waals surface area contributed by atoms with E-state index in [4.69, 9.17) is 0 Å².